The minimum absolute atomic E-state index is 0.0128. The Balaban J connectivity index is 2.35. The summed E-state index contributed by atoms with van der Waals surface area (Å²) < 4.78 is 5.92. The van der Waals surface area contributed by atoms with E-state index in [1.807, 2.05) is 30.3 Å². The molecule has 2 aromatic rings. The molecule has 0 spiro atoms. The van der Waals surface area contributed by atoms with E-state index < -0.39 is 0 Å². The molecule has 2 rings (SSSR count). The fraction of sp³-hybridized carbons (Fsp3) is 0.235. The molecule has 0 radical (unpaired) electrons. The first-order valence-electron chi connectivity index (χ1n) is 6.33. The highest BCUT2D eigenvalue weighted by Crippen LogP contribution is 2.33. The largest absolute Gasteiger partial charge is 0.457 e. The Kier molecular flexibility index (Phi) is 3.70. The Morgan fingerprint density at radius 2 is 1.74 bits per heavy atom. The Bertz CT molecular complexity index is 580. The number of ether oxygens (including phenoxy) is 1. The SMILES string of the molecule is CC(C)(C)c1ccccc1Oc1cccc(C=O)c1. The molecule has 0 N–H and O–H groups in total. The molecule has 19 heavy (non-hydrogen) atoms. The van der Waals surface area contributed by atoms with E-state index in [0.717, 1.165) is 17.6 Å². The predicted molar refractivity (Wildman–Crippen MR) is 77.0 cm³/mol. The molecule has 0 amide bonds. The summed E-state index contributed by atoms with van der Waals surface area (Å²) >= 11 is 0. The van der Waals surface area contributed by atoms with Gasteiger partial charge in [-0.05, 0) is 23.6 Å². The molecule has 0 unspecified atom stereocenters. The van der Waals surface area contributed by atoms with Gasteiger partial charge in [-0.3, -0.25) is 4.79 Å². The molecule has 0 aliphatic carbocycles. The molecule has 0 atom stereocenters. The van der Waals surface area contributed by atoms with Gasteiger partial charge >= 0.3 is 0 Å². The molecule has 0 aromatic heterocycles. The third-order valence-corrected chi connectivity index (χ3v) is 2.92. The van der Waals surface area contributed by atoms with Crippen molar-refractivity contribution in [1.82, 2.24) is 0 Å². The lowest BCUT2D eigenvalue weighted by Crippen LogP contribution is -2.12. The first-order chi connectivity index (χ1) is 9.00. The Hall–Kier alpha value is -2.09. The van der Waals surface area contributed by atoms with E-state index in [0.29, 0.717) is 11.3 Å². The van der Waals surface area contributed by atoms with E-state index in [4.69, 9.17) is 4.74 Å². The smallest absolute Gasteiger partial charge is 0.150 e. The van der Waals surface area contributed by atoms with Crippen LogP contribution in [0.4, 0.5) is 0 Å². The van der Waals surface area contributed by atoms with Crippen molar-refractivity contribution in [2.45, 2.75) is 26.2 Å². The van der Waals surface area contributed by atoms with Crippen molar-refractivity contribution in [2.24, 2.45) is 0 Å². The highest BCUT2D eigenvalue weighted by atomic mass is 16.5. The Morgan fingerprint density at radius 1 is 1.00 bits per heavy atom. The average Bonchev–Trinajstić information content (AvgIpc) is 2.38. The van der Waals surface area contributed by atoms with Gasteiger partial charge in [-0.2, -0.15) is 0 Å². The van der Waals surface area contributed by atoms with Crippen molar-refractivity contribution in [1.29, 1.82) is 0 Å². The number of hydrogen-bond acceptors (Lipinski definition) is 2. The lowest BCUT2D eigenvalue weighted by Gasteiger charge is -2.22. The minimum atomic E-state index is 0.0128. The quantitative estimate of drug-likeness (QED) is 0.749. The number of carbonyl (C=O) groups is 1. The third-order valence-electron chi connectivity index (χ3n) is 2.92. The maximum absolute atomic E-state index is 10.8. The molecule has 0 aliphatic rings. The first kappa shape index (κ1) is 13.3. The van der Waals surface area contributed by atoms with Crippen LogP contribution >= 0.6 is 0 Å². The number of benzene rings is 2. The molecule has 2 heteroatoms. The van der Waals surface area contributed by atoms with E-state index in [2.05, 4.69) is 26.8 Å². The second-order valence-electron chi connectivity index (χ2n) is 5.54. The van der Waals surface area contributed by atoms with E-state index in [-0.39, 0.29) is 5.41 Å². The standard InChI is InChI=1S/C17H18O2/c1-17(2,3)15-9-4-5-10-16(15)19-14-8-6-7-13(11-14)12-18/h4-12H,1-3H3. The van der Waals surface area contributed by atoms with Crippen molar-refractivity contribution in [3.8, 4) is 11.5 Å². The van der Waals surface area contributed by atoms with Gasteiger partial charge in [-0.25, -0.2) is 0 Å². The number of rotatable bonds is 3. The van der Waals surface area contributed by atoms with Gasteiger partial charge in [0.2, 0.25) is 0 Å². The molecule has 98 valence electrons. The van der Waals surface area contributed by atoms with Gasteiger partial charge in [-0.15, -0.1) is 0 Å². The summed E-state index contributed by atoms with van der Waals surface area (Å²) in [6, 6.07) is 15.2. The van der Waals surface area contributed by atoms with Gasteiger partial charge < -0.3 is 4.74 Å². The molecule has 0 heterocycles. The molecular weight excluding hydrogens is 236 g/mol. The average molecular weight is 254 g/mol. The normalized spacial score (nSPS) is 11.1. The van der Waals surface area contributed by atoms with Crippen molar-refractivity contribution in [2.75, 3.05) is 0 Å². The lowest BCUT2D eigenvalue weighted by atomic mass is 9.86. The zero-order valence-electron chi connectivity index (χ0n) is 11.5. The van der Waals surface area contributed by atoms with Crippen LogP contribution in [-0.2, 0) is 5.41 Å². The van der Waals surface area contributed by atoms with Crippen LogP contribution in [0, 0.1) is 0 Å². The summed E-state index contributed by atoms with van der Waals surface area (Å²) in [5.41, 5.74) is 1.77. The summed E-state index contributed by atoms with van der Waals surface area (Å²) in [7, 11) is 0. The van der Waals surface area contributed by atoms with Crippen LogP contribution < -0.4 is 4.74 Å². The van der Waals surface area contributed by atoms with E-state index in [1.165, 1.54) is 0 Å². The van der Waals surface area contributed by atoms with Gasteiger partial charge in [0.25, 0.3) is 0 Å². The van der Waals surface area contributed by atoms with Crippen LogP contribution in [0.1, 0.15) is 36.7 Å². The van der Waals surface area contributed by atoms with Gasteiger partial charge in [-0.1, -0.05) is 51.1 Å². The molecule has 0 saturated carbocycles. The second-order valence-corrected chi connectivity index (χ2v) is 5.54. The monoisotopic (exact) mass is 254 g/mol. The maximum atomic E-state index is 10.8. The van der Waals surface area contributed by atoms with E-state index >= 15 is 0 Å². The molecule has 2 aromatic carbocycles. The number of aldehydes is 1. The van der Waals surface area contributed by atoms with Crippen molar-refractivity contribution >= 4 is 6.29 Å². The van der Waals surface area contributed by atoms with Crippen LogP contribution in [0.25, 0.3) is 0 Å². The number of para-hydroxylation sites is 1. The van der Waals surface area contributed by atoms with Crippen LogP contribution in [0.3, 0.4) is 0 Å². The fourth-order valence-corrected chi connectivity index (χ4v) is 1.95. The first-order valence-corrected chi connectivity index (χ1v) is 6.33. The number of hydrogen-bond donors (Lipinski definition) is 0. The van der Waals surface area contributed by atoms with Crippen molar-refractivity contribution in [3.63, 3.8) is 0 Å². The minimum Gasteiger partial charge on any atom is -0.457 e. The molecule has 0 aliphatic heterocycles. The molecule has 2 nitrogen and oxygen atoms in total. The fourth-order valence-electron chi connectivity index (χ4n) is 1.95. The Labute approximate surface area is 114 Å². The summed E-state index contributed by atoms with van der Waals surface area (Å²) in [5, 5.41) is 0. The molecule has 0 fully saturated rings. The lowest BCUT2D eigenvalue weighted by molar-refractivity contribution is 0.112. The molecule has 0 bridgehead atoms. The van der Waals surface area contributed by atoms with E-state index in [9.17, 15) is 4.79 Å². The summed E-state index contributed by atoms with van der Waals surface area (Å²) in [5.74, 6) is 1.51. The summed E-state index contributed by atoms with van der Waals surface area (Å²) in [6.07, 6.45) is 0.822. The summed E-state index contributed by atoms with van der Waals surface area (Å²) in [4.78, 5) is 10.8. The van der Waals surface area contributed by atoms with Gasteiger partial charge in [0.1, 0.15) is 17.8 Å². The van der Waals surface area contributed by atoms with Gasteiger partial charge in [0.05, 0.1) is 0 Å². The van der Waals surface area contributed by atoms with Gasteiger partial charge in [0, 0.05) is 11.1 Å². The van der Waals surface area contributed by atoms with Crippen molar-refractivity contribution < 1.29 is 9.53 Å². The zero-order valence-corrected chi connectivity index (χ0v) is 11.5. The van der Waals surface area contributed by atoms with E-state index in [1.54, 1.807) is 12.1 Å². The van der Waals surface area contributed by atoms with Crippen LogP contribution in [0.15, 0.2) is 48.5 Å². The molecule has 0 saturated heterocycles. The van der Waals surface area contributed by atoms with Crippen LogP contribution in [-0.4, -0.2) is 6.29 Å². The van der Waals surface area contributed by atoms with Crippen LogP contribution in [0.5, 0.6) is 11.5 Å². The molecular formula is C17H18O2. The highest BCUT2D eigenvalue weighted by Gasteiger charge is 2.18. The second kappa shape index (κ2) is 5.27. The zero-order chi connectivity index (χ0) is 13.9. The topological polar surface area (TPSA) is 26.3 Å². The van der Waals surface area contributed by atoms with Crippen molar-refractivity contribution in [3.05, 3.63) is 59.7 Å². The predicted octanol–water partition coefficient (Wildman–Crippen LogP) is 4.59. The highest BCUT2D eigenvalue weighted by molar-refractivity contribution is 5.75. The third kappa shape index (κ3) is 3.22. The maximum Gasteiger partial charge on any atom is 0.150 e. The summed E-state index contributed by atoms with van der Waals surface area (Å²) in [6.45, 7) is 6.45. The van der Waals surface area contributed by atoms with Gasteiger partial charge in [0.15, 0.2) is 0 Å². The van der Waals surface area contributed by atoms with Crippen LogP contribution in [0.2, 0.25) is 0 Å². The Morgan fingerprint density at radius 3 is 2.42 bits per heavy atom. The number of carbonyl (C=O) groups excluding carboxylic acids is 1.